The van der Waals surface area contributed by atoms with Gasteiger partial charge in [0.25, 0.3) is 5.91 Å². The lowest BCUT2D eigenvalue weighted by atomic mass is 10.2. The number of amides is 1. The number of methoxy groups -OCH3 is 1. The van der Waals surface area contributed by atoms with Crippen molar-refractivity contribution < 1.29 is 19.1 Å². The Balaban J connectivity index is 1.68. The second kappa shape index (κ2) is 9.36. The second-order valence-corrected chi connectivity index (χ2v) is 6.07. The van der Waals surface area contributed by atoms with Gasteiger partial charge in [0.15, 0.2) is 0 Å². The minimum Gasteiger partial charge on any atom is -0.497 e. The monoisotopic (exact) mass is 391 g/mol. The van der Waals surface area contributed by atoms with Gasteiger partial charge in [-0.1, -0.05) is 6.07 Å². The SMILES string of the molecule is CCOC(=O)c1ccc(NC(=O)c2cncc(Nc3cccc(OC)c3)c2)cc1. The zero-order chi connectivity index (χ0) is 20.6. The van der Waals surface area contributed by atoms with Crippen molar-refractivity contribution in [1.29, 1.82) is 0 Å². The summed E-state index contributed by atoms with van der Waals surface area (Å²) < 4.78 is 10.2. The van der Waals surface area contributed by atoms with Crippen molar-refractivity contribution in [1.82, 2.24) is 4.98 Å². The maximum Gasteiger partial charge on any atom is 0.338 e. The van der Waals surface area contributed by atoms with E-state index in [0.29, 0.717) is 29.1 Å². The molecule has 0 aliphatic rings. The predicted octanol–water partition coefficient (Wildman–Crippen LogP) is 4.26. The smallest absolute Gasteiger partial charge is 0.338 e. The first-order chi connectivity index (χ1) is 14.1. The minimum atomic E-state index is -0.397. The van der Waals surface area contributed by atoms with Crippen LogP contribution in [0.2, 0.25) is 0 Å². The molecule has 0 fully saturated rings. The van der Waals surface area contributed by atoms with E-state index in [1.165, 1.54) is 6.20 Å². The van der Waals surface area contributed by atoms with Crippen LogP contribution < -0.4 is 15.4 Å². The van der Waals surface area contributed by atoms with Gasteiger partial charge >= 0.3 is 5.97 Å². The van der Waals surface area contributed by atoms with Crippen LogP contribution in [0.3, 0.4) is 0 Å². The van der Waals surface area contributed by atoms with Crippen LogP contribution in [0.5, 0.6) is 5.75 Å². The van der Waals surface area contributed by atoms with Crippen molar-refractivity contribution in [3.8, 4) is 5.75 Å². The summed E-state index contributed by atoms with van der Waals surface area (Å²) in [6, 6.07) is 15.7. The highest BCUT2D eigenvalue weighted by Crippen LogP contribution is 2.21. The summed E-state index contributed by atoms with van der Waals surface area (Å²) in [5.74, 6) is 0.0182. The molecule has 1 heterocycles. The van der Waals surface area contributed by atoms with Crippen LogP contribution in [0, 0.1) is 0 Å². The van der Waals surface area contributed by atoms with Crippen LogP contribution in [0.15, 0.2) is 67.0 Å². The molecule has 0 spiro atoms. The van der Waals surface area contributed by atoms with E-state index in [1.54, 1.807) is 50.6 Å². The van der Waals surface area contributed by atoms with Crippen molar-refractivity contribution in [2.75, 3.05) is 24.4 Å². The fraction of sp³-hybridized carbons (Fsp3) is 0.136. The number of anilines is 3. The third-order valence-corrected chi connectivity index (χ3v) is 4.01. The van der Waals surface area contributed by atoms with E-state index >= 15 is 0 Å². The summed E-state index contributed by atoms with van der Waals surface area (Å²) in [5.41, 5.74) is 2.87. The van der Waals surface area contributed by atoms with E-state index in [0.717, 1.165) is 11.4 Å². The van der Waals surface area contributed by atoms with E-state index in [2.05, 4.69) is 15.6 Å². The lowest BCUT2D eigenvalue weighted by Gasteiger charge is -2.10. The van der Waals surface area contributed by atoms with Gasteiger partial charge in [-0.05, 0) is 49.4 Å². The number of aromatic nitrogens is 1. The van der Waals surface area contributed by atoms with Gasteiger partial charge in [0.05, 0.1) is 36.7 Å². The molecular formula is C22H21N3O4. The second-order valence-electron chi connectivity index (χ2n) is 6.07. The number of rotatable bonds is 7. The zero-order valence-corrected chi connectivity index (χ0v) is 16.1. The van der Waals surface area contributed by atoms with Crippen molar-refractivity contribution in [3.05, 3.63) is 78.1 Å². The Bertz CT molecular complexity index is 1000. The van der Waals surface area contributed by atoms with E-state index in [9.17, 15) is 9.59 Å². The number of nitrogens with one attached hydrogen (secondary N) is 2. The first-order valence-corrected chi connectivity index (χ1v) is 9.03. The molecule has 2 N–H and O–H groups in total. The maximum atomic E-state index is 12.5. The van der Waals surface area contributed by atoms with Gasteiger partial charge in [-0.3, -0.25) is 9.78 Å². The molecule has 7 nitrogen and oxygen atoms in total. The summed E-state index contributed by atoms with van der Waals surface area (Å²) in [6.45, 7) is 2.06. The van der Waals surface area contributed by atoms with Gasteiger partial charge in [0.1, 0.15) is 5.75 Å². The number of pyridine rings is 1. The Morgan fingerprint density at radius 2 is 1.72 bits per heavy atom. The van der Waals surface area contributed by atoms with Crippen molar-refractivity contribution >= 4 is 28.9 Å². The highest BCUT2D eigenvalue weighted by molar-refractivity contribution is 6.04. The van der Waals surface area contributed by atoms with Crippen LogP contribution >= 0.6 is 0 Å². The van der Waals surface area contributed by atoms with Crippen molar-refractivity contribution in [3.63, 3.8) is 0 Å². The number of hydrogen-bond donors (Lipinski definition) is 2. The Labute approximate surface area is 168 Å². The first-order valence-electron chi connectivity index (χ1n) is 9.03. The molecule has 0 radical (unpaired) electrons. The number of benzene rings is 2. The molecule has 0 atom stereocenters. The molecule has 0 saturated heterocycles. The van der Waals surface area contributed by atoms with E-state index in [4.69, 9.17) is 9.47 Å². The molecule has 0 saturated carbocycles. The standard InChI is InChI=1S/C22H21N3O4/c1-3-29-22(27)15-7-9-17(10-8-15)25-21(26)16-11-19(14-23-13-16)24-18-5-4-6-20(12-18)28-2/h4-14,24H,3H2,1-2H3,(H,25,26). The summed E-state index contributed by atoms with van der Waals surface area (Å²) in [6.07, 6.45) is 3.11. The normalized spacial score (nSPS) is 10.1. The molecule has 1 aromatic heterocycles. The van der Waals surface area contributed by atoms with Crippen molar-refractivity contribution in [2.24, 2.45) is 0 Å². The fourth-order valence-corrected chi connectivity index (χ4v) is 2.61. The van der Waals surface area contributed by atoms with Gasteiger partial charge in [-0.25, -0.2) is 4.79 Å². The van der Waals surface area contributed by atoms with Crippen LogP contribution in [0.4, 0.5) is 17.1 Å². The van der Waals surface area contributed by atoms with Gasteiger partial charge < -0.3 is 20.1 Å². The quantitative estimate of drug-likeness (QED) is 0.585. The highest BCUT2D eigenvalue weighted by Gasteiger charge is 2.10. The molecule has 29 heavy (non-hydrogen) atoms. The number of carbonyl (C=O) groups is 2. The average molecular weight is 391 g/mol. The summed E-state index contributed by atoms with van der Waals surface area (Å²) in [7, 11) is 1.60. The average Bonchev–Trinajstić information content (AvgIpc) is 2.74. The number of carbonyl (C=O) groups excluding carboxylic acids is 2. The molecule has 0 aliphatic carbocycles. The first kappa shape index (κ1) is 19.9. The number of esters is 1. The maximum absolute atomic E-state index is 12.5. The van der Waals surface area contributed by atoms with Crippen molar-refractivity contribution in [2.45, 2.75) is 6.92 Å². The highest BCUT2D eigenvalue weighted by atomic mass is 16.5. The molecule has 1 amide bonds. The largest absolute Gasteiger partial charge is 0.497 e. The predicted molar refractivity (Wildman–Crippen MR) is 111 cm³/mol. The van der Waals surface area contributed by atoms with E-state index in [-0.39, 0.29) is 5.91 Å². The van der Waals surface area contributed by atoms with Crippen LogP contribution in [0.25, 0.3) is 0 Å². The molecule has 3 aromatic rings. The summed E-state index contributed by atoms with van der Waals surface area (Å²) in [5, 5.41) is 5.98. The lowest BCUT2D eigenvalue weighted by molar-refractivity contribution is 0.0526. The molecule has 0 unspecified atom stereocenters. The molecule has 0 bridgehead atoms. The van der Waals surface area contributed by atoms with Gasteiger partial charge in [-0.15, -0.1) is 0 Å². The molecule has 7 heteroatoms. The molecule has 148 valence electrons. The third kappa shape index (κ3) is 5.32. The number of ether oxygens (including phenoxy) is 2. The molecule has 0 aliphatic heterocycles. The lowest BCUT2D eigenvalue weighted by Crippen LogP contribution is -2.13. The Morgan fingerprint density at radius 1 is 0.931 bits per heavy atom. The Kier molecular flexibility index (Phi) is 6.42. The molecular weight excluding hydrogens is 370 g/mol. The van der Waals surface area contributed by atoms with E-state index in [1.807, 2.05) is 24.3 Å². The molecule has 2 aromatic carbocycles. The number of hydrogen-bond acceptors (Lipinski definition) is 6. The van der Waals surface area contributed by atoms with Crippen LogP contribution in [-0.2, 0) is 4.74 Å². The van der Waals surface area contributed by atoms with Crippen LogP contribution in [-0.4, -0.2) is 30.6 Å². The van der Waals surface area contributed by atoms with Gasteiger partial charge in [0.2, 0.25) is 0 Å². The summed E-state index contributed by atoms with van der Waals surface area (Å²) in [4.78, 5) is 28.4. The Hall–Kier alpha value is -3.87. The number of nitrogens with zero attached hydrogens (tertiary/aromatic N) is 1. The molecule has 3 rings (SSSR count). The Morgan fingerprint density at radius 3 is 2.45 bits per heavy atom. The minimum absolute atomic E-state index is 0.310. The summed E-state index contributed by atoms with van der Waals surface area (Å²) >= 11 is 0. The third-order valence-electron chi connectivity index (χ3n) is 4.01. The van der Waals surface area contributed by atoms with Gasteiger partial charge in [-0.2, -0.15) is 0 Å². The van der Waals surface area contributed by atoms with Crippen LogP contribution in [0.1, 0.15) is 27.6 Å². The van der Waals surface area contributed by atoms with E-state index < -0.39 is 5.97 Å². The topological polar surface area (TPSA) is 89.5 Å². The fourth-order valence-electron chi connectivity index (χ4n) is 2.61. The zero-order valence-electron chi connectivity index (χ0n) is 16.1. The van der Waals surface area contributed by atoms with Gasteiger partial charge in [0, 0.05) is 23.6 Å².